The number of carboxylic acid groups (broad SMARTS) is 1. The van der Waals surface area contributed by atoms with Gasteiger partial charge in [0.15, 0.2) is 0 Å². The highest BCUT2D eigenvalue weighted by Gasteiger charge is 2.37. The van der Waals surface area contributed by atoms with Gasteiger partial charge in [0, 0.05) is 0 Å². The second-order valence-electron chi connectivity index (χ2n) is 3.38. The van der Waals surface area contributed by atoms with Gasteiger partial charge in [0.1, 0.15) is 0 Å². The Balaban J connectivity index is 2.74. The van der Waals surface area contributed by atoms with E-state index >= 15 is 0 Å². The van der Waals surface area contributed by atoms with Crippen molar-refractivity contribution in [2.24, 2.45) is 0 Å². The molecule has 1 heterocycles. The number of fused-ring (bicyclic) bond motifs is 1. The zero-order chi connectivity index (χ0) is 12.0. The SMILES string of the molecule is Cc1c(C(=O)O)ccc2c1C(=O)C(=O)N2O. The Kier molecular flexibility index (Phi) is 2.02. The van der Waals surface area contributed by atoms with Crippen LogP contribution < -0.4 is 5.06 Å². The first-order valence-electron chi connectivity index (χ1n) is 4.39. The molecule has 0 unspecified atom stereocenters. The lowest BCUT2D eigenvalue weighted by atomic mass is 9.99. The van der Waals surface area contributed by atoms with E-state index in [4.69, 9.17) is 5.11 Å². The number of nitrogens with zero attached hydrogens (tertiary/aromatic N) is 1. The molecular formula is C10H7NO5. The van der Waals surface area contributed by atoms with Gasteiger partial charge in [0.2, 0.25) is 0 Å². The molecule has 2 rings (SSSR count). The Morgan fingerprint density at radius 3 is 2.50 bits per heavy atom. The van der Waals surface area contributed by atoms with Crippen molar-refractivity contribution in [1.82, 2.24) is 0 Å². The molecule has 1 aliphatic rings. The fraction of sp³-hybridized carbons (Fsp3) is 0.100. The number of benzene rings is 1. The molecule has 0 aliphatic carbocycles. The number of anilines is 1. The second kappa shape index (κ2) is 3.14. The van der Waals surface area contributed by atoms with Crippen molar-refractivity contribution in [3.63, 3.8) is 0 Å². The van der Waals surface area contributed by atoms with Gasteiger partial charge in [-0.15, -0.1) is 0 Å². The Morgan fingerprint density at radius 1 is 1.31 bits per heavy atom. The molecule has 0 saturated carbocycles. The number of carbonyl (C=O) groups is 3. The van der Waals surface area contributed by atoms with Crippen LogP contribution in [0.3, 0.4) is 0 Å². The largest absolute Gasteiger partial charge is 0.478 e. The number of hydroxylamine groups is 1. The summed E-state index contributed by atoms with van der Waals surface area (Å²) in [5.41, 5.74) is 0.0972. The number of hydrogen-bond donors (Lipinski definition) is 2. The molecule has 0 bridgehead atoms. The van der Waals surface area contributed by atoms with Crippen LogP contribution >= 0.6 is 0 Å². The minimum atomic E-state index is -1.18. The number of hydrogen-bond acceptors (Lipinski definition) is 4. The van der Waals surface area contributed by atoms with Crippen molar-refractivity contribution < 1.29 is 24.7 Å². The van der Waals surface area contributed by atoms with Gasteiger partial charge in [-0.1, -0.05) is 0 Å². The molecule has 0 radical (unpaired) electrons. The maximum Gasteiger partial charge on any atom is 0.335 e. The summed E-state index contributed by atoms with van der Waals surface area (Å²) in [7, 11) is 0. The van der Waals surface area contributed by atoms with Crippen molar-refractivity contribution in [3.8, 4) is 0 Å². The van der Waals surface area contributed by atoms with Gasteiger partial charge in [-0.3, -0.25) is 14.8 Å². The molecular weight excluding hydrogens is 214 g/mol. The lowest BCUT2D eigenvalue weighted by Crippen LogP contribution is -2.25. The van der Waals surface area contributed by atoms with E-state index in [9.17, 15) is 19.6 Å². The van der Waals surface area contributed by atoms with E-state index in [0.29, 0.717) is 0 Å². The van der Waals surface area contributed by atoms with E-state index in [-0.39, 0.29) is 27.4 Å². The van der Waals surface area contributed by atoms with Crippen LogP contribution in [0, 0.1) is 6.92 Å². The average molecular weight is 221 g/mol. The third-order valence-electron chi connectivity index (χ3n) is 2.52. The molecule has 0 atom stereocenters. The standard InChI is InChI=1S/C10H7NO5/c1-4-5(10(14)15)2-3-6-7(4)8(12)9(13)11(6)16/h2-3,16H,1H3,(H,14,15). The number of amides is 1. The Morgan fingerprint density at radius 2 is 1.94 bits per heavy atom. The summed E-state index contributed by atoms with van der Waals surface area (Å²) >= 11 is 0. The molecule has 1 amide bonds. The van der Waals surface area contributed by atoms with Gasteiger partial charge in [-0.05, 0) is 24.6 Å². The van der Waals surface area contributed by atoms with Crippen molar-refractivity contribution in [3.05, 3.63) is 28.8 Å². The van der Waals surface area contributed by atoms with Gasteiger partial charge >= 0.3 is 11.9 Å². The van der Waals surface area contributed by atoms with Crippen molar-refractivity contribution in [2.45, 2.75) is 6.92 Å². The van der Waals surface area contributed by atoms with Gasteiger partial charge in [-0.2, -0.15) is 5.06 Å². The molecule has 82 valence electrons. The maximum absolute atomic E-state index is 11.5. The van der Waals surface area contributed by atoms with E-state index in [1.54, 1.807) is 0 Å². The van der Waals surface area contributed by atoms with Crippen molar-refractivity contribution >= 4 is 23.3 Å². The van der Waals surface area contributed by atoms with Crippen LogP contribution in [0.25, 0.3) is 0 Å². The van der Waals surface area contributed by atoms with Crippen LogP contribution in [0.2, 0.25) is 0 Å². The first-order valence-corrected chi connectivity index (χ1v) is 4.39. The zero-order valence-electron chi connectivity index (χ0n) is 8.22. The third kappa shape index (κ3) is 1.13. The second-order valence-corrected chi connectivity index (χ2v) is 3.38. The monoisotopic (exact) mass is 221 g/mol. The molecule has 6 heteroatoms. The molecule has 16 heavy (non-hydrogen) atoms. The lowest BCUT2D eigenvalue weighted by Gasteiger charge is -2.08. The van der Waals surface area contributed by atoms with E-state index < -0.39 is 17.7 Å². The number of ketones is 1. The first-order chi connectivity index (χ1) is 7.45. The Labute approximate surface area is 89.7 Å². The van der Waals surface area contributed by atoms with Crippen LogP contribution in [0.4, 0.5) is 5.69 Å². The van der Waals surface area contributed by atoms with Crippen LogP contribution in [-0.4, -0.2) is 28.0 Å². The Hall–Kier alpha value is -2.21. The smallest absolute Gasteiger partial charge is 0.335 e. The van der Waals surface area contributed by atoms with Crippen molar-refractivity contribution in [2.75, 3.05) is 5.06 Å². The normalized spacial score (nSPS) is 14.2. The number of carbonyl (C=O) groups excluding carboxylic acids is 2. The molecule has 0 aromatic heterocycles. The van der Waals surface area contributed by atoms with E-state index in [2.05, 4.69) is 0 Å². The minimum absolute atomic E-state index is 0.0255. The van der Waals surface area contributed by atoms with Gasteiger partial charge in [0.05, 0.1) is 16.8 Å². The molecule has 0 fully saturated rings. The fourth-order valence-electron chi connectivity index (χ4n) is 1.70. The van der Waals surface area contributed by atoms with Crippen LogP contribution in [0.5, 0.6) is 0 Å². The quantitative estimate of drug-likeness (QED) is 0.535. The van der Waals surface area contributed by atoms with Gasteiger partial charge < -0.3 is 5.11 Å². The highest BCUT2D eigenvalue weighted by molar-refractivity contribution is 6.52. The van der Waals surface area contributed by atoms with Crippen LogP contribution in [0.15, 0.2) is 12.1 Å². The predicted octanol–water partition coefficient (Wildman–Crippen LogP) is 0.612. The third-order valence-corrected chi connectivity index (χ3v) is 2.52. The van der Waals surface area contributed by atoms with E-state index in [0.717, 1.165) is 0 Å². The van der Waals surface area contributed by atoms with E-state index in [1.807, 2.05) is 0 Å². The molecule has 0 saturated heterocycles. The summed E-state index contributed by atoms with van der Waals surface area (Å²) in [6.45, 7) is 1.42. The van der Waals surface area contributed by atoms with E-state index in [1.165, 1.54) is 19.1 Å². The topological polar surface area (TPSA) is 94.9 Å². The highest BCUT2D eigenvalue weighted by Crippen LogP contribution is 2.31. The number of aromatic carboxylic acids is 1. The Bertz CT molecular complexity index is 534. The summed E-state index contributed by atoms with van der Waals surface area (Å²) < 4.78 is 0. The van der Waals surface area contributed by atoms with Crippen LogP contribution in [0.1, 0.15) is 26.3 Å². The summed E-state index contributed by atoms with van der Waals surface area (Å²) in [6, 6.07) is 2.47. The zero-order valence-corrected chi connectivity index (χ0v) is 8.22. The first kappa shape index (κ1) is 10.3. The fourth-order valence-corrected chi connectivity index (χ4v) is 1.70. The number of Topliss-reactive ketones (excluding diaryl/α,β-unsaturated/α-hetero) is 1. The molecule has 0 spiro atoms. The highest BCUT2D eigenvalue weighted by atomic mass is 16.5. The summed E-state index contributed by atoms with van der Waals surface area (Å²) in [5, 5.41) is 18.4. The summed E-state index contributed by atoms with van der Waals surface area (Å²) in [5.74, 6) is -3.14. The molecule has 1 aromatic carbocycles. The van der Waals surface area contributed by atoms with Gasteiger partial charge in [0.25, 0.3) is 5.78 Å². The number of carboxylic acids is 1. The average Bonchev–Trinajstić information content (AvgIpc) is 2.44. The molecule has 2 N–H and O–H groups in total. The molecule has 1 aliphatic heterocycles. The van der Waals surface area contributed by atoms with Crippen molar-refractivity contribution in [1.29, 1.82) is 0 Å². The minimum Gasteiger partial charge on any atom is -0.478 e. The number of rotatable bonds is 1. The molecule has 6 nitrogen and oxygen atoms in total. The summed E-state index contributed by atoms with van der Waals surface area (Å²) in [6.07, 6.45) is 0. The van der Waals surface area contributed by atoms with Gasteiger partial charge in [-0.25, -0.2) is 4.79 Å². The summed E-state index contributed by atoms with van der Waals surface area (Å²) in [4.78, 5) is 33.5. The maximum atomic E-state index is 11.5. The lowest BCUT2D eigenvalue weighted by molar-refractivity contribution is -0.118. The van der Waals surface area contributed by atoms with Crippen LogP contribution in [-0.2, 0) is 4.79 Å². The predicted molar refractivity (Wildman–Crippen MR) is 51.7 cm³/mol. The molecule has 1 aromatic rings.